The van der Waals surface area contributed by atoms with E-state index in [9.17, 15) is 27.4 Å². The summed E-state index contributed by atoms with van der Waals surface area (Å²) < 4.78 is 41.8. The molecule has 2 aliphatic heterocycles. The highest BCUT2D eigenvalue weighted by molar-refractivity contribution is 7.85. The van der Waals surface area contributed by atoms with Crippen molar-refractivity contribution in [1.82, 2.24) is 15.2 Å². The molecule has 0 saturated carbocycles. The maximum atomic E-state index is 13.7. The minimum atomic E-state index is -4.03. The molecule has 5 aromatic carbocycles. The Morgan fingerprint density at radius 2 is 1.49 bits per heavy atom. The molecule has 14 heteroatoms. The van der Waals surface area contributed by atoms with Crippen LogP contribution in [-0.4, -0.2) is 84.6 Å². The maximum absolute atomic E-state index is 13.7. The van der Waals surface area contributed by atoms with Crippen LogP contribution in [0.1, 0.15) is 111 Å². The molecule has 0 bridgehead atoms. The molecule has 0 unspecified atom stereocenters. The van der Waals surface area contributed by atoms with Crippen LogP contribution in [0.2, 0.25) is 5.02 Å². The number of carbonyl (C=O) groups excluding carboxylic acids is 3. The third-order valence-corrected chi connectivity index (χ3v) is 16.1. The van der Waals surface area contributed by atoms with Gasteiger partial charge in [0.2, 0.25) is 17.5 Å². The van der Waals surface area contributed by atoms with Gasteiger partial charge in [-0.25, -0.2) is 0 Å². The average Bonchev–Trinajstić information content (AvgIpc) is 3.92. The van der Waals surface area contributed by atoms with Gasteiger partial charge in [0.25, 0.3) is 16.0 Å². The van der Waals surface area contributed by atoms with Crippen molar-refractivity contribution < 1.29 is 36.7 Å². The number of anilines is 1. The van der Waals surface area contributed by atoms with Gasteiger partial charge in [0.15, 0.2) is 5.71 Å². The van der Waals surface area contributed by atoms with Crippen LogP contribution in [0, 0.1) is 6.92 Å². The molecule has 0 fully saturated rings. The second-order valence-corrected chi connectivity index (χ2v) is 22.9. The molecule has 3 N–H and O–H groups in total. The number of benzene rings is 5. The number of hydrogen-bond acceptors (Lipinski definition) is 7. The molecule has 8 rings (SSSR count). The average molecular weight is 1070 g/mol. The zero-order valence-electron chi connectivity index (χ0n) is 44.8. The van der Waals surface area contributed by atoms with Crippen LogP contribution >= 0.6 is 11.6 Å². The molecule has 0 atom stereocenters. The Hall–Kier alpha value is -6.80. The number of carbonyl (C=O) groups is 3. The number of hydrogen-bond donors (Lipinski definition) is 3. The van der Waals surface area contributed by atoms with Crippen molar-refractivity contribution in [3.63, 3.8) is 0 Å². The lowest BCUT2D eigenvalue weighted by Gasteiger charge is -2.25. The smallest absolute Gasteiger partial charge is 0.264 e. The molecule has 6 aromatic rings. The largest absolute Gasteiger partial charge is 0.497 e. The van der Waals surface area contributed by atoms with E-state index in [0.717, 1.165) is 65.8 Å². The molecule has 2 aliphatic rings. The number of ether oxygens (including phenoxy) is 1. The fraction of sp³-hybridized carbons (Fsp3) is 0.355. The number of nitrogens with one attached hydrogen (secondary N) is 2. The standard InChI is InChI=1S/C62H70ClN5O7S/c1-8-66-53-31-24-43(39-57(69)64-34-16-9-10-17-35-65-58(70)41-49-42(2)68(52-33-30-47(75-7)40-50(49)52)60(71)45-25-28-46(63)29-26-45)38-51(53)61(3,4)55(66)22-12-11-13-23-56-62(5,6)59-48-21-15-14-20-44(48)27-32-54(59)67(56)36-18-19-37-76(72,73)74/h11-15,20-33,38,40H,8-10,16-19,34-37,39,41H2,1-7H3,(H2-,64,65,69,70,72,73,74)/p+1. The van der Waals surface area contributed by atoms with Crippen LogP contribution in [0.25, 0.3) is 21.7 Å². The number of rotatable bonds is 22. The lowest BCUT2D eigenvalue weighted by atomic mass is 9.79. The first-order valence-electron chi connectivity index (χ1n) is 26.4. The van der Waals surface area contributed by atoms with Gasteiger partial charge in [0, 0.05) is 82.2 Å². The van der Waals surface area contributed by atoms with Gasteiger partial charge >= 0.3 is 0 Å². The van der Waals surface area contributed by atoms with E-state index in [1.807, 2.05) is 25.1 Å². The molecule has 2 amide bonds. The Morgan fingerprint density at radius 1 is 0.776 bits per heavy atom. The highest BCUT2D eigenvalue weighted by Crippen LogP contribution is 2.48. The summed E-state index contributed by atoms with van der Waals surface area (Å²) in [7, 11) is -2.44. The summed E-state index contributed by atoms with van der Waals surface area (Å²) in [6.45, 7) is 15.5. The van der Waals surface area contributed by atoms with Gasteiger partial charge in [-0.1, -0.05) is 92.9 Å². The molecule has 1 aromatic heterocycles. The van der Waals surface area contributed by atoms with Crippen LogP contribution in [0.3, 0.4) is 0 Å². The number of amides is 2. The van der Waals surface area contributed by atoms with Crippen LogP contribution < -0.4 is 20.3 Å². The first-order chi connectivity index (χ1) is 36.3. The predicted molar refractivity (Wildman–Crippen MR) is 308 cm³/mol. The third kappa shape index (κ3) is 12.1. The summed E-state index contributed by atoms with van der Waals surface area (Å²) in [5.74, 6) is 0.0534. The third-order valence-electron chi connectivity index (χ3n) is 15.1. The highest BCUT2D eigenvalue weighted by atomic mass is 35.5. The van der Waals surface area contributed by atoms with Crippen molar-refractivity contribution in [2.45, 2.75) is 104 Å². The van der Waals surface area contributed by atoms with Crippen LogP contribution in [-0.2, 0) is 43.4 Å². The van der Waals surface area contributed by atoms with E-state index < -0.39 is 10.1 Å². The van der Waals surface area contributed by atoms with Crippen molar-refractivity contribution in [1.29, 1.82) is 0 Å². The van der Waals surface area contributed by atoms with E-state index in [-0.39, 0.29) is 47.1 Å². The zero-order valence-corrected chi connectivity index (χ0v) is 46.4. The van der Waals surface area contributed by atoms with Gasteiger partial charge in [-0.05, 0) is 135 Å². The summed E-state index contributed by atoms with van der Waals surface area (Å²) >= 11 is 6.08. The first-order valence-corrected chi connectivity index (χ1v) is 28.4. The molecule has 76 heavy (non-hydrogen) atoms. The van der Waals surface area contributed by atoms with Crippen LogP contribution in [0.4, 0.5) is 11.4 Å². The molecule has 0 spiro atoms. The van der Waals surface area contributed by atoms with Crippen molar-refractivity contribution in [3.05, 3.63) is 172 Å². The number of allylic oxidation sites excluding steroid dienone is 6. The fourth-order valence-electron chi connectivity index (χ4n) is 11.2. The lowest BCUT2D eigenvalue weighted by molar-refractivity contribution is -0.438. The van der Waals surface area contributed by atoms with Crippen molar-refractivity contribution >= 4 is 78.2 Å². The van der Waals surface area contributed by atoms with Gasteiger partial charge in [-0.2, -0.15) is 13.0 Å². The molecule has 0 aliphatic carbocycles. The summed E-state index contributed by atoms with van der Waals surface area (Å²) in [6.07, 6.45) is 15.4. The van der Waals surface area contributed by atoms with E-state index >= 15 is 0 Å². The van der Waals surface area contributed by atoms with Crippen molar-refractivity contribution in [3.8, 4) is 5.75 Å². The van der Waals surface area contributed by atoms with Gasteiger partial charge in [0.1, 0.15) is 12.3 Å². The number of aromatic nitrogens is 1. The van der Waals surface area contributed by atoms with Crippen molar-refractivity contribution in [2.24, 2.45) is 0 Å². The normalized spacial score (nSPS) is 15.4. The maximum Gasteiger partial charge on any atom is 0.264 e. The van der Waals surface area contributed by atoms with Gasteiger partial charge in [-0.3, -0.25) is 23.5 Å². The van der Waals surface area contributed by atoms with E-state index in [0.29, 0.717) is 60.0 Å². The Balaban J connectivity index is 0.818. The fourth-order valence-corrected chi connectivity index (χ4v) is 11.9. The molecule has 12 nitrogen and oxygen atoms in total. The Bertz CT molecular complexity index is 3420. The monoisotopic (exact) mass is 1060 g/mol. The van der Waals surface area contributed by atoms with E-state index in [2.05, 4.69) is 140 Å². The Kier molecular flexibility index (Phi) is 17.2. The second-order valence-electron chi connectivity index (χ2n) is 20.9. The summed E-state index contributed by atoms with van der Waals surface area (Å²) in [5, 5.41) is 9.89. The summed E-state index contributed by atoms with van der Waals surface area (Å²) in [6, 6.07) is 31.4. The zero-order chi connectivity index (χ0) is 54.4. The minimum Gasteiger partial charge on any atom is -0.497 e. The molecule has 0 radical (unpaired) electrons. The van der Waals surface area contributed by atoms with Crippen LogP contribution in [0.15, 0.2) is 133 Å². The SMILES string of the molecule is CCN1/C(=C/C=C/C=C/C2=[N+](CCCCS(=O)(=O)O)c3ccc4ccccc4c3C2(C)C)C(C)(C)c2cc(CC(=O)NCCCCCCNC(=O)Cc3c(C)n(C(=O)c4ccc(Cl)cc4)c4ccc(OC)cc34)ccc21. The summed E-state index contributed by atoms with van der Waals surface area (Å²) in [4.78, 5) is 42.5. The quantitative estimate of drug-likeness (QED) is 0.0263. The Morgan fingerprint density at radius 3 is 2.18 bits per heavy atom. The van der Waals surface area contributed by atoms with E-state index in [4.69, 9.17) is 16.3 Å². The molecule has 3 heterocycles. The molecular weight excluding hydrogens is 994 g/mol. The minimum absolute atomic E-state index is 0.0127. The number of nitrogens with zero attached hydrogens (tertiary/aromatic N) is 3. The number of likely N-dealkylation sites (N-methyl/N-ethyl adjacent to an activating group) is 1. The van der Waals surface area contributed by atoms with Crippen LogP contribution in [0.5, 0.6) is 5.75 Å². The molecule has 398 valence electrons. The second kappa shape index (κ2) is 23.6. The lowest BCUT2D eigenvalue weighted by Crippen LogP contribution is -2.28. The number of methoxy groups -OCH3 is 1. The van der Waals surface area contributed by atoms with E-state index in [1.165, 1.54) is 27.6 Å². The number of fused-ring (bicyclic) bond motifs is 5. The number of halogens is 1. The number of unbranched alkanes of at least 4 members (excludes halogenated alkanes) is 4. The van der Waals surface area contributed by atoms with Gasteiger partial charge < -0.3 is 20.3 Å². The molecular formula is C62H71ClN5O7S+. The first kappa shape index (κ1) is 55.4. The van der Waals surface area contributed by atoms with Crippen molar-refractivity contribution in [2.75, 3.05) is 43.9 Å². The Labute approximate surface area is 452 Å². The topological polar surface area (TPSA) is 150 Å². The molecule has 0 saturated heterocycles. The van der Waals surface area contributed by atoms with E-state index in [1.54, 1.807) is 35.9 Å². The van der Waals surface area contributed by atoms with Gasteiger partial charge in [0.05, 0.1) is 36.6 Å². The van der Waals surface area contributed by atoms with Gasteiger partial charge in [-0.15, -0.1) is 0 Å². The highest BCUT2D eigenvalue weighted by Gasteiger charge is 2.45. The summed E-state index contributed by atoms with van der Waals surface area (Å²) in [5.41, 5.74) is 10.0. The predicted octanol–water partition coefficient (Wildman–Crippen LogP) is 11.9.